The molecule has 0 aromatic heterocycles. The van der Waals surface area contributed by atoms with Gasteiger partial charge in [0.1, 0.15) is 0 Å². The minimum atomic E-state index is -3.81. The molecule has 0 radical (unpaired) electrons. The Morgan fingerprint density at radius 3 is 2.52 bits per heavy atom. The topological polar surface area (TPSA) is 84.9 Å². The monoisotopic (exact) mass is 418 g/mol. The first-order valence-corrected chi connectivity index (χ1v) is 11.0. The average molecular weight is 419 g/mol. The lowest BCUT2D eigenvalue weighted by Crippen LogP contribution is -2.43. The van der Waals surface area contributed by atoms with Crippen LogP contribution in [0.15, 0.2) is 53.4 Å². The van der Waals surface area contributed by atoms with Crippen LogP contribution in [0.25, 0.3) is 0 Å². The molecule has 1 aliphatic rings. The van der Waals surface area contributed by atoms with Gasteiger partial charge in [0.25, 0.3) is 0 Å². The van der Waals surface area contributed by atoms with Gasteiger partial charge in [-0.15, -0.1) is 0 Å². The fourth-order valence-electron chi connectivity index (χ4n) is 3.42. The number of ether oxygens (including phenoxy) is 2. The van der Waals surface area contributed by atoms with Crippen molar-refractivity contribution < 1.29 is 22.7 Å². The fraction of sp³-hybridized carbons (Fsp3) is 0.381. The molecule has 1 fully saturated rings. The summed E-state index contributed by atoms with van der Waals surface area (Å²) in [6.45, 7) is 4.63. The Hall–Kier alpha value is -2.26. The molecule has 156 valence electrons. The molecular weight excluding hydrogens is 392 g/mol. The van der Waals surface area contributed by atoms with Crippen molar-refractivity contribution in [2.24, 2.45) is 0 Å². The summed E-state index contributed by atoms with van der Waals surface area (Å²) in [7, 11) is -2.55. The predicted octanol–water partition coefficient (Wildman–Crippen LogP) is 2.13. The van der Waals surface area contributed by atoms with Crippen LogP contribution < -0.4 is 4.72 Å². The zero-order chi connectivity index (χ0) is 20.9. The van der Waals surface area contributed by atoms with E-state index in [1.54, 1.807) is 19.1 Å². The highest BCUT2D eigenvalue weighted by Crippen LogP contribution is 2.23. The van der Waals surface area contributed by atoms with Gasteiger partial charge in [0.15, 0.2) is 0 Å². The van der Waals surface area contributed by atoms with E-state index in [0.29, 0.717) is 18.8 Å². The number of esters is 1. The molecule has 0 bridgehead atoms. The fourth-order valence-corrected chi connectivity index (χ4v) is 4.73. The quantitative estimate of drug-likeness (QED) is 0.694. The highest BCUT2D eigenvalue weighted by molar-refractivity contribution is 7.89. The molecule has 0 spiro atoms. The Labute approximate surface area is 171 Å². The highest BCUT2D eigenvalue weighted by Gasteiger charge is 2.26. The van der Waals surface area contributed by atoms with E-state index in [1.807, 2.05) is 30.3 Å². The number of benzene rings is 2. The summed E-state index contributed by atoms with van der Waals surface area (Å²) < 4.78 is 38.9. The minimum absolute atomic E-state index is 0.0780. The van der Waals surface area contributed by atoms with E-state index in [-0.39, 0.29) is 23.0 Å². The number of methoxy groups -OCH3 is 1. The summed E-state index contributed by atoms with van der Waals surface area (Å²) in [5.74, 6) is -0.572. The molecule has 1 atom stereocenters. The molecule has 1 saturated heterocycles. The first-order chi connectivity index (χ1) is 13.9. The van der Waals surface area contributed by atoms with Crippen LogP contribution in [-0.2, 0) is 19.5 Å². The van der Waals surface area contributed by atoms with Gasteiger partial charge in [-0.3, -0.25) is 4.90 Å². The van der Waals surface area contributed by atoms with Gasteiger partial charge in [0, 0.05) is 25.7 Å². The third kappa shape index (κ3) is 5.22. The van der Waals surface area contributed by atoms with Gasteiger partial charge in [-0.1, -0.05) is 36.4 Å². The normalized spacial score (nSPS) is 16.3. The molecule has 1 N–H and O–H groups in total. The Morgan fingerprint density at radius 1 is 1.17 bits per heavy atom. The maximum absolute atomic E-state index is 13.0. The van der Waals surface area contributed by atoms with E-state index in [4.69, 9.17) is 9.47 Å². The second kappa shape index (κ2) is 9.49. The molecule has 1 unspecified atom stereocenters. The Morgan fingerprint density at radius 2 is 1.86 bits per heavy atom. The highest BCUT2D eigenvalue weighted by atomic mass is 32.2. The zero-order valence-corrected chi connectivity index (χ0v) is 17.4. The van der Waals surface area contributed by atoms with Gasteiger partial charge < -0.3 is 9.47 Å². The number of sulfonamides is 1. The van der Waals surface area contributed by atoms with Crippen LogP contribution in [-0.4, -0.2) is 59.2 Å². The first-order valence-electron chi connectivity index (χ1n) is 9.48. The lowest BCUT2D eigenvalue weighted by Gasteiger charge is -2.35. The number of nitrogens with zero attached hydrogens (tertiary/aromatic N) is 1. The number of hydrogen-bond acceptors (Lipinski definition) is 6. The second-order valence-corrected chi connectivity index (χ2v) is 8.63. The zero-order valence-electron chi connectivity index (χ0n) is 16.6. The molecule has 0 saturated carbocycles. The number of nitrogens with one attached hydrogen (secondary N) is 1. The van der Waals surface area contributed by atoms with Crippen LogP contribution in [0.2, 0.25) is 0 Å². The van der Waals surface area contributed by atoms with Crippen LogP contribution in [0.3, 0.4) is 0 Å². The molecule has 7 nitrogen and oxygen atoms in total. The molecule has 1 heterocycles. The Balaban J connectivity index is 1.84. The number of hydrogen-bond donors (Lipinski definition) is 1. The molecule has 0 aliphatic carbocycles. The summed E-state index contributed by atoms with van der Waals surface area (Å²) in [5.41, 5.74) is 1.80. The number of carbonyl (C=O) groups excluding carboxylic acids is 1. The second-order valence-electron chi connectivity index (χ2n) is 6.90. The summed E-state index contributed by atoms with van der Waals surface area (Å²) in [5, 5.41) is 0. The van der Waals surface area contributed by atoms with E-state index in [0.717, 1.165) is 18.7 Å². The average Bonchev–Trinajstić information content (AvgIpc) is 2.75. The van der Waals surface area contributed by atoms with Crippen LogP contribution in [0, 0.1) is 6.92 Å². The van der Waals surface area contributed by atoms with Crippen molar-refractivity contribution in [3.63, 3.8) is 0 Å². The van der Waals surface area contributed by atoms with E-state index in [2.05, 4.69) is 9.62 Å². The number of aryl methyl sites for hydroxylation is 1. The third-order valence-corrected chi connectivity index (χ3v) is 6.60. The van der Waals surface area contributed by atoms with Crippen molar-refractivity contribution in [2.75, 3.05) is 40.0 Å². The van der Waals surface area contributed by atoms with Crippen molar-refractivity contribution in [3.8, 4) is 0 Å². The van der Waals surface area contributed by atoms with Crippen LogP contribution in [0.1, 0.15) is 27.5 Å². The van der Waals surface area contributed by atoms with Crippen molar-refractivity contribution in [1.29, 1.82) is 0 Å². The minimum Gasteiger partial charge on any atom is -0.465 e. The summed E-state index contributed by atoms with van der Waals surface area (Å²) in [6.07, 6.45) is 0. The number of rotatable bonds is 7. The SMILES string of the molecule is COC(=O)c1ccc(C)c(S(=O)(=O)NCC(c2ccccc2)N2CCOCC2)c1. The summed E-state index contributed by atoms with van der Waals surface area (Å²) >= 11 is 0. The Kier molecular flexibility index (Phi) is 7.02. The van der Waals surface area contributed by atoms with E-state index in [1.165, 1.54) is 13.2 Å². The Bertz CT molecular complexity index is 941. The van der Waals surface area contributed by atoms with Crippen LogP contribution in [0.5, 0.6) is 0 Å². The van der Waals surface area contributed by atoms with Gasteiger partial charge in [0.2, 0.25) is 10.0 Å². The van der Waals surface area contributed by atoms with Gasteiger partial charge in [-0.25, -0.2) is 17.9 Å². The van der Waals surface area contributed by atoms with E-state index in [9.17, 15) is 13.2 Å². The van der Waals surface area contributed by atoms with Gasteiger partial charge in [-0.05, 0) is 30.2 Å². The molecule has 3 rings (SSSR count). The smallest absolute Gasteiger partial charge is 0.337 e. The largest absolute Gasteiger partial charge is 0.465 e. The standard InChI is InChI=1S/C21H26N2O5S/c1-16-8-9-18(21(24)27-2)14-20(16)29(25,26)22-15-19(17-6-4-3-5-7-17)23-10-12-28-13-11-23/h3-9,14,19,22H,10-13,15H2,1-2H3. The van der Waals surface area contributed by atoms with Crippen LogP contribution >= 0.6 is 0 Å². The molecule has 2 aromatic rings. The van der Waals surface area contributed by atoms with Crippen molar-refractivity contribution >= 4 is 16.0 Å². The number of morpholine rings is 1. The molecule has 1 aliphatic heterocycles. The van der Waals surface area contributed by atoms with Crippen molar-refractivity contribution in [1.82, 2.24) is 9.62 Å². The summed E-state index contributed by atoms with van der Waals surface area (Å²) in [4.78, 5) is 14.1. The maximum Gasteiger partial charge on any atom is 0.337 e. The lowest BCUT2D eigenvalue weighted by atomic mass is 10.1. The summed E-state index contributed by atoms with van der Waals surface area (Å²) in [6, 6.07) is 14.2. The van der Waals surface area contributed by atoms with Crippen LogP contribution in [0.4, 0.5) is 0 Å². The molecular formula is C21H26N2O5S. The lowest BCUT2D eigenvalue weighted by molar-refractivity contribution is 0.0172. The maximum atomic E-state index is 13.0. The predicted molar refractivity (Wildman–Crippen MR) is 109 cm³/mol. The van der Waals surface area contributed by atoms with Gasteiger partial charge in [-0.2, -0.15) is 0 Å². The molecule has 0 amide bonds. The van der Waals surface area contributed by atoms with E-state index >= 15 is 0 Å². The number of carbonyl (C=O) groups is 1. The van der Waals surface area contributed by atoms with Gasteiger partial charge >= 0.3 is 5.97 Å². The molecule has 29 heavy (non-hydrogen) atoms. The first kappa shape index (κ1) is 21.4. The molecule has 2 aromatic carbocycles. The van der Waals surface area contributed by atoms with Crippen molar-refractivity contribution in [2.45, 2.75) is 17.9 Å². The third-order valence-electron chi connectivity index (χ3n) is 5.04. The molecule has 8 heteroatoms. The van der Waals surface area contributed by atoms with Gasteiger partial charge in [0.05, 0.1) is 30.8 Å². The van der Waals surface area contributed by atoms with E-state index < -0.39 is 16.0 Å². The van der Waals surface area contributed by atoms with Crippen molar-refractivity contribution in [3.05, 3.63) is 65.2 Å².